The Kier molecular flexibility index (Phi) is 4.55. The van der Waals surface area contributed by atoms with Crippen molar-refractivity contribution in [2.45, 2.75) is 25.7 Å². The number of aliphatic carboxylic acids is 1. The van der Waals surface area contributed by atoms with Crippen molar-refractivity contribution >= 4 is 11.9 Å². The Morgan fingerprint density at radius 3 is 2.57 bits per heavy atom. The van der Waals surface area contributed by atoms with Gasteiger partial charge in [0, 0.05) is 30.4 Å². The lowest BCUT2D eigenvalue weighted by molar-refractivity contribution is -0.138. The van der Waals surface area contributed by atoms with Crippen molar-refractivity contribution in [2.75, 3.05) is 6.54 Å². The summed E-state index contributed by atoms with van der Waals surface area (Å²) < 4.78 is 27.2. The minimum absolute atomic E-state index is 0.0313. The smallest absolute Gasteiger partial charge is 0.303 e. The minimum Gasteiger partial charge on any atom is -0.481 e. The summed E-state index contributed by atoms with van der Waals surface area (Å²) >= 11 is 0. The van der Waals surface area contributed by atoms with Gasteiger partial charge in [-0.15, -0.1) is 0 Å². The van der Waals surface area contributed by atoms with Gasteiger partial charge in [0.15, 0.2) is 0 Å². The van der Waals surface area contributed by atoms with Gasteiger partial charge in [-0.3, -0.25) is 9.59 Å². The average Bonchev–Trinajstić information content (AvgIpc) is 3.15. The third-order valence-electron chi connectivity index (χ3n) is 3.65. The molecule has 0 aromatic heterocycles. The van der Waals surface area contributed by atoms with Crippen molar-refractivity contribution in [3.8, 4) is 0 Å². The number of hydrogen-bond acceptors (Lipinski definition) is 2. The highest BCUT2D eigenvalue weighted by Crippen LogP contribution is 2.49. The van der Waals surface area contributed by atoms with Crippen LogP contribution in [0, 0.1) is 23.5 Å². The van der Waals surface area contributed by atoms with Crippen LogP contribution in [-0.2, 0) is 9.59 Å². The summed E-state index contributed by atoms with van der Waals surface area (Å²) in [5, 5.41) is 11.3. The van der Waals surface area contributed by atoms with Crippen LogP contribution in [0.25, 0.3) is 0 Å². The third-order valence-corrected chi connectivity index (χ3v) is 3.65. The molecule has 0 bridgehead atoms. The van der Waals surface area contributed by atoms with E-state index in [9.17, 15) is 18.4 Å². The van der Waals surface area contributed by atoms with E-state index < -0.39 is 29.4 Å². The molecule has 114 valence electrons. The Balaban J connectivity index is 1.88. The van der Waals surface area contributed by atoms with E-state index in [2.05, 4.69) is 5.32 Å². The highest BCUT2D eigenvalue weighted by Gasteiger charge is 2.46. The Bertz CT molecular complexity index is 542. The highest BCUT2D eigenvalue weighted by atomic mass is 19.1. The summed E-state index contributed by atoms with van der Waals surface area (Å²) in [5.74, 6) is -3.51. The molecule has 1 fully saturated rings. The molecule has 1 aromatic rings. The van der Waals surface area contributed by atoms with Crippen LogP contribution < -0.4 is 5.32 Å². The maximum atomic E-state index is 13.6. The molecule has 1 amide bonds. The van der Waals surface area contributed by atoms with Gasteiger partial charge in [0.25, 0.3) is 0 Å². The van der Waals surface area contributed by atoms with E-state index in [0.29, 0.717) is 6.42 Å². The minimum atomic E-state index is -0.922. The first-order valence-corrected chi connectivity index (χ1v) is 6.83. The van der Waals surface area contributed by atoms with Crippen LogP contribution in [0.5, 0.6) is 0 Å². The van der Waals surface area contributed by atoms with Crippen LogP contribution in [0.15, 0.2) is 18.2 Å². The van der Waals surface area contributed by atoms with Crippen LogP contribution in [0.1, 0.15) is 31.2 Å². The molecule has 2 N–H and O–H groups in total. The van der Waals surface area contributed by atoms with Crippen molar-refractivity contribution < 1.29 is 23.5 Å². The second-order valence-electron chi connectivity index (χ2n) is 5.53. The summed E-state index contributed by atoms with van der Waals surface area (Å²) in [4.78, 5) is 22.4. The predicted octanol–water partition coefficient (Wildman–Crippen LogP) is 2.30. The summed E-state index contributed by atoms with van der Waals surface area (Å²) in [6.07, 6.45) is 0.382. The number of nitrogens with one attached hydrogen (secondary N) is 1. The standard InChI is InChI=1S/C15H17F2NO3/c1-8(5-13(19)20)7-18-15(21)10-6-9(10)14-11(16)3-2-4-12(14)17/h2-4,8-10H,5-7H2,1H3,(H,18,21)(H,19,20). The molecular formula is C15H17F2NO3. The maximum Gasteiger partial charge on any atom is 0.303 e. The van der Waals surface area contributed by atoms with Gasteiger partial charge < -0.3 is 10.4 Å². The zero-order chi connectivity index (χ0) is 15.6. The molecule has 0 radical (unpaired) electrons. The number of carbonyl (C=O) groups is 2. The zero-order valence-electron chi connectivity index (χ0n) is 11.6. The highest BCUT2D eigenvalue weighted by molar-refractivity contribution is 5.83. The number of rotatable bonds is 6. The zero-order valence-corrected chi connectivity index (χ0v) is 11.6. The van der Waals surface area contributed by atoms with Crippen LogP contribution >= 0.6 is 0 Å². The van der Waals surface area contributed by atoms with Crippen LogP contribution in [-0.4, -0.2) is 23.5 Å². The largest absolute Gasteiger partial charge is 0.481 e. The van der Waals surface area contributed by atoms with Gasteiger partial charge in [-0.25, -0.2) is 8.78 Å². The fourth-order valence-electron chi connectivity index (χ4n) is 2.44. The summed E-state index contributed by atoms with van der Waals surface area (Å²) in [6.45, 7) is 1.96. The summed E-state index contributed by atoms with van der Waals surface area (Å²) in [6, 6.07) is 3.65. The van der Waals surface area contributed by atoms with Crippen molar-refractivity contribution in [3.63, 3.8) is 0 Å². The van der Waals surface area contributed by atoms with E-state index >= 15 is 0 Å². The molecule has 4 nitrogen and oxygen atoms in total. The molecule has 6 heteroatoms. The number of carbonyl (C=O) groups excluding carboxylic acids is 1. The van der Waals surface area contributed by atoms with Gasteiger partial charge in [-0.1, -0.05) is 13.0 Å². The molecule has 0 saturated heterocycles. The molecule has 0 heterocycles. The molecule has 1 aromatic carbocycles. The number of amides is 1. The molecule has 21 heavy (non-hydrogen) atoms. The first-order chi connectivity index (χ1) is 9.90. The van der Waals surface area contributed by atoms with Gasteiger partial charge in [-0.05, 0) is 24.5 Å². The van der Waals surface area contributed by atoms with Crippen molar-refractivity contribution in [1.29, 1.82) is 0 Å². The first-order valence-electron chi connectivity index (χ1n) is 6.83. The Labute approximate surface area is 121 Å². The maximum absolute atomic E-state index is 13.6. The van der Waals surface area contributed by atoms with Crippen LogP contribution in [0.4, 0.5) is 8.78 Å². The molecular weight excluding hydrogens is 280 g/mol. The number of carboxylic acid groups (broad SMARTS) is 1. The lowest BCUT2D eigenvalue weighted by atomic mass is 10.1. The Hall–Kier alpha value is -1.98. The van der Waals surface area contributed by atoms with Crippen molar-refractivity contribution in [2.24, 2.45) is 11.8 Å². The third kappa shape index (κ3) is 3.77. The van der Waals surface area contributed by atoms with Crippen LogP contribution in [0.2, 0.25) is 0 Å². The van der Waals surface area contributed by atoms with E-state index in [4.69, 9.17) is 5.11 Å². The normalized spacial score (nSPS) is 21.7. The Morgan fingerprint density at radius 2 is 2.00 bits per heavy atom. The van der Waals surface area contributed by atoms with E-state index in [-0.39, 0.29) is 30.4 Å². The lowest BCUT2D eigenvalue weighted by Gasteiger charge is -2.10. The number of hydrogen-bond donors (Lipinski definition) is 2. The average molecular weight is 297 g/mol. The van der Waals surface area contributed by atoms with E-state index in [0.717, 1.165) is 0 Å². The van der Waals surface area contributed by atoms with Gasteiger partial charge >= 0.3 is 5.97 Å². The van der Waals surface area contributed by atoms with Crippen molar-refractivity contribution in [3.05, 3.63) is 35.4 Å². The number of benzene rings is 1. The molecule has 3 atom stereocenters. The second kappa shape index (κ2) is 6.20. The fourth-order valence-corrected chi connectivity index (χ4v) is 2.44. The van der Waals surface area contributed by atoms with Crippen molar-refractivity contribution in [1.82, 2.24) is 5.32 Å². The molecule has 1 aliphatic rings. The molecule has 1 saturated carbocycles. The molecule has 0 aliphatic heterocycles. The second-order valence-corrected chi connectivity index (χ2v) is 5.53. The monoisotopic (exact) mass is 297 g/mol. The van der Waals surface area contributed by atoms with E-state index in [1.54, 1.807) is 6.92 Å². The molecule has 2 rings (SSSR count). The quantitative estimate of drug-likeness (QED) is 0.846. The number of carboxylic acids is 1. The van der Waals surface area contributed by atoms with Gasteiger partial charge in [0.1, 0.15) is 11.6 Å². The fraction of sp³-hybridized carbons (Fsp3) is 0.467. The van der Waals surface area contributed by atoms with E-state index in [1.165, 1.54) is 18.2 Å². The van der Waals surface area contributed by atoms with Crippen LogP contribution in [0.3, 0.4) is 0 Å². The predicted molar refractivity (Wildman–Crippen MR) is 71.6 cm³/mol. The molecule has 3 unspecified atom stereocenters. The molecule has 1 aliphatic carbocycles. The van der Waals surface area contributed by atoms with Gasteiger partial charge in [0.2, 0.25) is 5.91 Å². The van der Waals surface area contributed by atoms with Gasteiger partial charge in [0.05, 0.1) is 0 Å². The first kappa shape index (κ1) is 15.4. The summed E-state index contributed by atoms with van der Waals surface area (Å²) in [5.41, 5.74) is -0.0313. The molecule has 0 spiro atoms. The topological polar surface area (TPSA) is 66.4 Å². The Morgan fingerprint density at radius 1 is 1.38 bits per heavy atom. The SMILES string of the molecule is CC(CNC(=O)C1CC1c1c(F)cccc1F)CC(=O)O. The van der Waals surface area contributed by atoms with E-state index in [1.807, 2.05) is 0 Å². The lowest BCUT2D eigenvalue weighted by Crippen LogP contribution is -2.30. The van der Waals surface area contributed by atoms with Gasteiger partial charge in [-0.2, -0.15) is 0 Å². The summed E-state index contributed by atoms with van der Waals surface area (Å²) in [7, 11) is 0. The number of halogens is 2.